The van der Waals surface area contributed by atoms with Gasteiger partial charge in [0.05, 0.1) is 11.4 Å². The van der Waals surface area contributed by atoms with Crippen LogP contribution in [0.25, 0.3) is 11.8 Å². The van der Waals surface area contributed by atoms with Gasteiger partial charge in [0, 0.05) is 25.2 Å². The number of nitrogens with zero attached hydrogens (tertiary/aromatic N) is 4. The van der Waals surface area contributed by atoms with E-state index in [2.05, 4.69) is 16.8 Å². The molecule has 1 N–H and O–H groups in total. The van der Waals surface area contributed by atoms with E-state index in [-0.39, 0.29) is 5.57 Å². The van der Waals surface area contributed by atoms with Crippen LogP contribution in [-0.2, 0) is 4.79 Å². The molecular weight excluding hydrogens is 338 g/mol. The molecule has 0 radical (unpaired) electrons. The zero-order valence-electron chi connectivity index (χ0n) is 15.5. The number of carbonyl (C=O) groups excluding carboxylic acids is 1. The summed E-state index contributed by atoms with van der Waals surface area (Å²) in [6.07, 6.45) is 5.47. The highest BCUT2D eigenvalue weighted by molar-refractivity contribution is 6.02. The van der Waals surface area contributed by atoms with Gasteiger partial charge in [-0.1, -0.05) is 24.3 Å². The lowest BCUT2D eigenvalue weighted by molar-refractivity contribution is -0.116. The van der Waals surface area contributed by atoms with Gasteiger partial charge in [0.1, 0.15) is 17.5 Å². The van der Waals surface area contributed by atoms with Crippen LogP contribution in [0.2, 0.25) is 0 Å². The molecule has 1 saturated heterocycles. The lowest BCUT2D eigenvalue weighted by Crippen LogP contribution is -2.24. The van der Waals surface area contributed by atoms with Gasteiger partial charge >= 0.3 is 0 Å². The number of anilines is 1. The minimum absolute atomic E-state index is 0.0630. The molecule has 0 unspecified atom stereocenters. The van der Waals surface area contributed by atoms with Gasteiger partial charge in [0.25, 0.3) is 5.91 Å². The fourth-order valence-electron chi connectivity index (χ4n) is 3.23. The Bertz CT molecular complexity index is 899. The molecule has 0 saturated carbocycles. The van der Waals surface area contributed by atoms with Gasteiger partial charge in [-0.2, -0.15) is 10.4 Å². The molecule has 0 aliphatic carbocycles. The molecule has 1 aliphatic heterocycles. The Hall–Kier alpha value is -3.33. The van der Waals surface area contributed by atoms with Crippen LogP contribution in [0.5, 0.6) is 0 Å². The van der Waals surface area contributed by atoms with Crippen LogP contribution in [-0.4, -0.2) is 35.3 Å². The Morgan fingerprint density at radius 2 is 2.04 bits per heavy atom. The van der Waals surface area contributed by atoms with E-state index in [1.807, 2.05) is 48.0 Å². The number of hydrogen-bond donors (Lipinski definition) is 1. The third kappa shape index (κ3) is 3.93. The number of para-hydroxylation sites is 1. The van der Waals surface area contributed by atoms with Gasteiger partial charge < -0.3 is 10.2 Å². The number of aromatic nitrogens is 2. The summed E-state index contributed by atoms with van der Waals surface area (Å²) < 4.78 is 1.91. The first-order chi connectivity index (χ1) is 13.2. The maximum atomic E-state index is 12.3. The second kappa shape index (κ2) is 8.37. The van der Waals surface area contributed by atoms with Crippen molar-refractivity contribution >= 4 is 17.8 Å². The average Bonchev–Trinajstić information content (AvgIpc) is 3.32. The highest BCUT2D eigenvalue weighted by atomic mass is 16.1. The Morgan fingerprint density at radius 3 is 2.67 bits per heavy atom. The average molecular weight is 361 g/mol. The van der Waals surface area contributed by atoms with E-state index in [0.717, 1.165) is 48.7 Å². The summed E-state index contributed by atoms with van der Waals surface area (Å²) in [4.78, 5) is 14.5. The van der Waals surface area contributed by atoms with E-state index in [4.69, 9.17) is 5.10 Å². The highest BCUT2D eigenvalue weighted by Crippen LogP contribution is 2.31. The Labute approximate surface area is 159 Å². The number of nitrogens with one attached hydrogen (secondary N) is 1. The van der Waals surface area contributed by atoms with Crippen molar-refractivity contribution in [2.75, 3.05) is 24.5 Å². The largest absolute Gasteiger partial charge is 0.356 e. The smallest absolute Gasteiger partial charge is 0.262 e. The number of carbonyl (C=O) groups is 1. The number of nitriles is 1. The maximum Gasteiger partial charge on any atom is 0.262 e. The van der Waals surface area contributed by atoms with Gasteiger partial charge in [-0.15, -0.1) is 6.58 Å². The highest BCUT2D eigenvalue weighted by Gasteiger charge is 2.24. The SMILES string of the molecule is C=CCNC(=O)/C(C#N)=C/c1c(C)nn(-c2ccccc2)c1N1CCCC1. The van der Waals surface area contributed by atoms with Crippen molar-refractivity contribution in [2.24, 2.45) is 0 Å². The molecule has 0 atom stereocenters. The Balaban J connectivity index is 2.10. The molecular formula is C21H23N5O. The topological polar surface area (TPSA) is 74.0 Å². The maximum absolute atomic E-state index is 12.3. The summed E-state index contributed by atoms with van der Waals surface area (Å²) in [5, 5.41) is 16.9. The zero-order valence-corrected chi connectivity index (χ0v) is 15.5. The molecule has 1 fully saturated rings. The van der Waals surface area contributed by atoms with Crippen LogP contribution < -0.4 is 10.2 Å². The van der Waals surface area contributed by atoms with Crippen LogP contribution in [0.4, 0.5) is 5.82 Å². The lowest BCUT2D eigenvalue weighted by Gasteiger charge is -2.20. The molecule has 1 aromatic carbocycles. The van der Waals surface area contributed by atoms with Gasteiger partial charge in [-0.25, -0.2) is 4.68 Å². The fourth-order valence-corrected chi connectivity index (χ4v) is 3.23. The van der Waals surface area contributed by atoms with Crippen molar-refractivity contribution in [1.29, 1.82) is 5.26 Å². The molecule has 6 nitrogen and oxygen atoms in total. The molecule has 0 spiro atoms. The van der Waals surface area contributed by atoms with Gasteiger partial charge in [-0.05, 0) is 38.0 Å². The minimum Gasteiger partial charge on any atom is -0.356 e. The number of amides is 1. The molecule has 3 rings (SSSR count). The molecule has 138 valence electrons. The summed E-state index contributed by atoms with van der Waals surface area (Å²) in [5.74, 6) is 0.525. The molecule has 2 aromatic rings. The van der Waals surface area contributed by atoms with Crippen LogP contribution in [0.3, 0.4) is 0 Å². The minimum atomic E-state index is -0.406. The number of hydrogen-bond acceptors (Lipinski definition) is 4. The summed E-state index contributed by atoms with van der Waals surface area (Å²) >= 11 is 0. The summed E-state index contributed by atoms with van der Waals surface area (Å²) in [7, 11) is 0. The van der Waals surface area contributed by atoms with E-state index in [0.29, 0.717) is 6.54 Å². The van der Waals surface area contributed by atoms with Crippen molar-refractivity contribution in [3.63, 3.8) is 0 Å². The predicted molar refractivity (Wildman–Crippen MR) is 107 cm³/mol. The monoisotopic (exact) mass is 361 g/mol. The quantitative estimate of drug-likeness (QED) is 0.488. The normalized spacial score (nSPS) is 14.1. The molecule has 2 heterocycles. The third-order valence-electron chi connectivity index (χ3n) is 4.55. The zero-order chi connectivity index (χ0) is 19.2. The van der Waals surface area contributed by atoms with Gasteiger partial charge in [0.2, 0.25) is 0 Å². The van der Waals surface area contributed by atoms with E-state index >= 15 is 0 Å². The Kier molecular flexibility index (Phi) is 5.72. The summed E-state index contributed by atoms with van der Waals surface area (Å²) in [6.45, 7) is 7.67. The van der Waals surface area contributed by atoms with Gasteiger partial charge in [-0.3, -0.25) is 4.79 Å². The standard InChI is InChI=1S/C21H23N5O/c1-3-11-23-20(27)17(15-22)14-19-16(2)24-26(18-9-5-4-6-10-18)21(19)25-12-7-8-13-25/h3-6,9-10,14H,1,7-8,11-13H2,2H3,(H,23,27)/b17-14+. The molecule has 6 heteroatoms. The van der Waals surface area contributed by atoms with Crippen molar-refractivity contribution in [1.82, 2.24) is 15.1 Å². The third-order valence-corrected chi connectivity index (χ3v) is 4.55. The van der Waals surface area contributed by atoms with E-state index in [1.165, 1.54) is 0 Å². The van der Waals surface area contributed by atoms with Gasteiger partial charge in [0.15, 0.2) is 0 Å². The van der Waals surface area contributed by atoms with Crippen molar-refractivity contribution in [3.05, 3.63) is 59.8 Å². The second-order valence-corrected chi connectivity index (χ2v) is 6.43. The number of rotatable bonds is 6. The van der Waals surface area contributed by atoms with Crippen molar-refractivity contribution in [2.45, 2.75) is 19.8 Å². The van der Waals surface area contributed by atoms with Crippen molar-refractivity contribution < 1.29 is 4.79 Å². The first-order valence-corrected chi connectivity index (χ1v) is 9.06. The number of benzene rings is 1. The van der Waals surface area contributed by atoms with Crippen molar-refractivity contribution in [3.8, 4) is 11.8 Å². The summed E-state index contributed by atoms with van der Waals surface area (Å²) in [5.41, 5.74) is 2.61. The second-order valence-electron chi connectivity index (χ2n) is 6.43. The molecule has 1 amide bonds. The predicted octanol–water partition coefficient (Wildman–Crippen LogP) is 2.99. The first-order valence-electron chi connectivity index (χ1n) is 9.06. The van der Waals surface area contributed by atoms with E-state index < -0.39 is 5.91 Å². The van der Waals surface area contributed by atoms with Crippen LogP contribution in [0.15, 0.2) is 48.6 Å². The summed E-state index contributed by atoms with van der Waals surface area (Å²) in [6, 6.07) is 11.9. The van der Waals surface area contributed by atoms with Crippen LogP contribution in [0.1, 0.15) is 24.1 Å². The fraction of sp³-hybridized carbons (Fsp3) is 0.286. The Morgan fingerprint density at radius 1 is 1.33 bits per heavy atom. The molecule has 1 aromatic heterocycles. The first kappa shape index (κ1) is 18.5. The molecule has 1 aliphatic rings. The molecule has 27 heavy (non-hydrogen) atoms. The van der Waals surface area contributed by atoms with Crippen LogP contribution >= 0.6 is 0 Å². The van der Waals surface area contributed by atoms with E-state index in [9.17, 15) is 10.1 Å². The van der Waals surface area contributed by atoms with E-state index in [1.54, 1.807) is 12.2 Å². The lowest BCUT2D eigenvalue weighted by atomic mass is 10.1. The number of aryl methyl sites for hydroxylation is 1. The van der Waals surface area contributed by atoms with Crippen LogP contribution in [0, 0.1) is 18.3 Å². The molecule has 0 bridgehead atoms.